The average Bonchev–Trinajstić information content (AvgIpc) is 3.35. The molecule has 0 bridgehead atoms. The lowest BCUT2D eigenvalue weighted by molar-refractivity contribution is 0.0954. The Bertz CT molecular complexity index is 1170. The second-order valence-electron chi connectivity index (χ2n) is 6.64. The van der Waals surface area contributed by atoms with Crippen LogP contribution in [-0.4, -0.2) is 21.9 Å². The third kappa shape index (κ3) is 4.01. The molecule has 29 heavy (non-hydrogen) atoms. The minimum absolute atomic E-state index is 0.259. The smallest absolute Gasteiger partial charge is 0.271 e. The highest BCUT2D eigenvalue weighted by molar-refractivity contribution is 5.96. The maximum Gasteiger partial charge on any atom is 0.271 e. The number of nitrogens with one attached hydrogen (secondary N) is 1. The van der Waals surface area contributed by atoms with E-state index in [1.807, 2.05) is 80.7 Å². The lowest BCUT2D eigenvalue weighted by atomic mass is 10.1. The number of carbonyl (C=O) groups is 1. The Morgan fingerprint density at radius 3 is 2.52 bits per heavy atom. The van der Waals surface area contributed by atoms with Crippen LogP contribution in [0, 0.1) is 13.8 Å². The van der Waals surface area contributed by atoms with Gasteiger partial charge in [-0.1, -0.05) is 36.4 Å². The first-order valence-electron chi connectivity index (χ1n) is 9.23. The highest BCUT2D eigenvalue weighted by Crippen LogP contribution is 2.24. The van der Waals surface area contributed by atoms with E-state index in [1.54, 1.807) is 17.0 Å². The van der Waals surface area contributed by atoms with E-state index in [-0.39, 0.29) is 5.91 Å². The van der Waals surface area contributed by atoms with Gasteiger partial charge >= 0.3 is 0 Å². The zero-order chi connectivity index (χ0) is 20.2. The molecule has 0 radical (unpaired) electrons. The first-order chi connectivity index (χ1) is 14.1. The van der Waals surface area contributed by atoms with Crippen molar-refractivity contribution >= 4 is 12.1 Å². The minimum Gasteiger partial charge on any atom is -0.460 e. The van der Waals surface area contributed by atoms with Gasteiger partial charge < -0.3 is 4.42 Å². The van der Waals surface area contributed by atoms with Crippen LogP contribution >= 0.6 is 0 Å². The van der Waals surface area contributed by atoms with Gasteiger partial charge in [-0.05, 0) is 49.7 Å². The number of hydrogen-bond donors (Lipinski definition) is 1. The number of nitrogens with zero attached hydrogens (tertiary/aromatic N) is 3. The van der Waals surface area contributed by atoms with E-state index >= 15 is 0 Å². The van der Waals surface area contributed by atoms with E-state index < -0.39 is 0 Å². The summed E-state index contributed by atoms with van der Waals surface area (Å²) in [6.07, 6.45) is 3.43. The third-order valence-electron chi connectivity index (χ3n) is 4.50. The average molecular weight is 384 g/mol. The summed E-state index contributed by atoms with van der Waals surface area (Å²) in [6.45, 7) is 3.77. The molecule has 0 aliphatic heterocycles. The molecule has 6 nitrogen and oxygen atoms in total. The second-order valence-corrected chi connectivity index (χ2v) is 6.64. The number of benzene rings is 2. The van der Waals surface area contributed by atoms with E-state index in [1.165, 1.54) is 0 Å². The normalized spacial score (nSPS) is 11.1. The van der Waals surface area contributed by atoms with Gasteiger partial charge in [0, 0.05) is 17.3 Å². The van der Waals surface area contributed by atoms with Crippen molar-refractivity contribution in [3.8, 4) is 17.1 Å². The van der Waals surface area contributed by atoms with Gasteiger partial charge in [0.15, 0.2) is 5.76 Å². The molecule has 1 amide bonds. The summed E-state index contributed by atoms with van der Waals surface area (Å²) < 4.78 is 7.51. The molecule has 2 aromatic carbocycles. The van der Waals surface area contributed by atoms with Crippen molar-refractivity contribution in [2.24, 2.45) is 5.10 Å². The summed E-state index contributed by atoms with van der Waals surface area (Å²) >= 11 is 0. The Morgan fingerprint density at radius 1 is 1.03 bits per heavy atom. The molecule has 0 fully saturated rings. The van der Waals surface area contributed by atoms with Crippen LogP contribution in [-0.2, 0) is 0 Å². The summed E-state index contributed by atoms with van der Waals surface area (Å²) in [5.41, 5.74) is 6.36. The monoisotopic (exact) mass is 384 g/mol. The Balaban J connectivity index is 1.63. The van der Waals surface area contributed by atoms with Crippen molar-refractivity contribution in [3.05, 3.63) is 95.4 Å². The zero-order valence-corrected chi connectivity index (χ0v) is 16.2. The van der Waals surface area contributed by atoms with Crippen LogP contribution in [0.2, 0.25) is 0 Å². The molecule has 0 aliphatic carbocycles. The van der Waals surface area contributed by atoms with Crippen molar-refractivity contribution in [3.63, 3.8) is 0 Å². The summed E-state index contributed by atoms with van der Waals surface area (Å²) in [7, 11) is 0. The van der Waals surface area contributed by atoms with Crippen LogP contribution in [0.4, 0.5) is 0 Å². The fourth-order valence-electron chi connectivity index (χ4n) is 3.00. The molecule has 4 rings (SSSR count). The van der Waals surface area contributed by atoms with Gasteiger partial charge in [-0.3, -0.25) is 4.79 Å². The maximum atomic E-state index is 12.4. The number of hydrazone groups is 1. The fraction of sp³-hybridized carbons (Fsp3) is 0.0870. The quantitative estimate of drug-likeness (QED) is 0.406. The van der Waals surface area contributed by atoms with Crippen LogP contribution in [0.5, 0.6) is 0 Å². The number of aromatic nitrogens is 2. The molecule has 0 unspecified atom stereocenters. The molecule has 0 spiro atoms. The number of aryl methyl sites for hydroxylation is 2. The molecule has 6 heteroatoms. The van der Waals surface area contributed by atoms with Gasteiger partial charge in [0.2, 0.25) is 0 Å². The van der Waals surface area contributed by atoms with Gasteiger partial charge in [-0.15, -0.1) is 0 Å². The van der Waals surface area contributed by atoms with Gasteiger partial charge in [-0.25, -0.2) is 10.1 Å². The van der Waals surface area contributed by atoms with Gasteiger partial charge in [0.1, 0.15) is 11.5 Å². The van der Waals surface area contributed by atoms with Crippen LogP contribution in [0.25, 0.3) is 17.1 Å². The number of amides is 1. The van der Waals surface area contributed by atoms with E-state index in [0.29, 0.717) is 17.0 Å². The molecule has 0 saturated carbocycles. The fourth-order valence-corrected chi connectivity index (χ4v) is 3.00. The molecule has 0 aliphatic rings. The number of hydrogen-bond acceptors (Lipinski definition) is 4. The van der Waals surface area contributed by atoms with Crippen LogP contribution in [0.3, 0.4) is 0 Å². The third-order valence-corrected chi connectivity index (χ3v) is 4.50. The zero-order valence-electron chi connectivity index (χ0n) is 16.2. The Hall–Kier alpha value is -3.93. The van der Waals surface area contributed by atoms with Crippen molar-refractivity contribution in [2.45, 2.75) is 13.8 Å². The van der Waals surface area contributed by atoms with Gasteiger partial charge in [0.05, 0.1) is 11.9 Å². The summed E-state index contributed by atoms with van der Waals surface area (Å²) in [6, 6.07) is 20.9. The molecular formula is C23H20N4O2. The summed E-state index contributed by atoms with van der Waals surface area (Å²) in [5.74, 6) is 1.18. The topological polar surface area (TPSA) is 72.4 Å². The number of carbonyl (C=O) groups excluding carboxylic acids is 1. The molecular weight excluding hydrogens is 364 g/mol. The van der Waals surface area contributed by atoms with Crippen molar-refractivity contribution in [1.29, 1.82) is 0 Å². The van der Waals surface area contributed by atoms with E-state index in [4.69, 9.17) is 4.42 Å². The molecule has 4 aromatic rings. The van der Waals surface area contributed by atoms with Crippen molar-refractivity contribution in [1.82, 2.24) is 15.2 Å². The number of rotatable bonds is 5. The van der Waals surface area contributed by atoms with Crippen LogP contribution in [0.15, 0.2) is 82.4 Å². The minimum atomic E-state index is -0.259. The predicted molar refractivity (Wildman–Crippen MR) is 112 cm³/mol. The van der Waals surface area contributed by atoms with Crippen molar-refractivity contribution < 1.29 is 9.21 Å². The largest absolute Gasteiger partial charge is 0.460 e. The van der Waals surface area contributed by atoms with Crippen LogP contribution in [0.1, 0.15) is 27.2 Å². The molecule has 144 valence electrons. The van der Waals surface area contributed by atoms with E-state index in [9.17, 15) is 4.79 Å². The van der Waals surface area contributed by atoms with E-state index in [0.717, 1.165) is 22.6 Å². The SMILES string of the molecule is Cc1ccc(-c2nn(-c3ccccc3)cc2/C=N\NC(=O)c2ccccc2C)o1. The number of furan rings is 1. The summed E-state index contributed by atoms with van der Waals surface area (Å²) in [4.78, 5) is 12.4. The molecule has 0 atom stereocenters. The lowest BCUT2D eigenvalue weighted by Crippen LogP contribution is -2.18. The Kier molecular flexibility index (Phi) is 5.07. The van der Waals surface area contributed by atoms with E-state index in [2.05, 4.69) is 15.6 Å². The Labute approximate surface area is 168 Å². The number of para-hydroxylation sites is 1. The molecule has 0 saturated heterocycles. The van der Waals surface area contributed by atoms with Gasteiger partial charge in [0.25, 0.3) is 5.91 Å². The lowest BCUT2D eigenvalue weighted by Gasteiger charge is -2.02. The highest BCUT2D eigenvalue weighted by Gasteiger charge is 2.14. The molecule has 1 N–H and O–H groups in total. The second kappa shape index (κ2) is 7.98. The summed E-state index contributed by atoms with van der Waals surface area (Å²) in [5, 5.41) is 8.79. The first-order valence-corrected chi connectivity index (χ1v) is 9.23. The Morgan fingerprint density at radius 2 is 1.79 bits per heavy atom. The maximum absolute atomic E-state index is 12.4. The first kappa shape index (κ1) is 18.4. The standard InChI is InChI=1S/C23H20N4O2/c1-16-8-6-7-11-20(16)23(28)25-24-14-18-15-27(19-9-4-3-5-10-19)26-22(18)21-13-12-17(2)29-21/h3-15H,1-2H3,(H,25,28)/b24-14-. The predicted octanol–water partition coefficient (Wildman–Crippen LogP) is 4.51. The molecule has 2 aromatic heterocycles. The van der Waals surface area contributed by atoms with Crippen LogP contribution < -0.4 is 5.43 Å². The highest BCUT2D eigenvalue weighted by atomic mass is 16.3. The van der Waals surface area contributed by atoms with Crippen molar-refractivity contribution in [2.75, 3.05) is 0 Å². The van der Waals surface area contributed by atoms with Gasteiger partial charge in [-0.2, -0.15) is 10.2 Å². The molecule has 2 heterocycles.